The highest BCUT2D eigenvalue weighted by atomic mass is 32.2. The van der Waals surface area contributed by atoms with Crippen molar-refractivity contribution >= 4 is 23.8 Å². The summed E-state index contributed by atoms with van der Waals surface area (Å²) in [6.07, 6.45) is 2.46. The highest BCUT2D eigenvalue weighted by molar-refractivity contribution is 7.97. The maximum Gasteiger partial charge on any atom is 0.331 e. The molecule has 1 aliphatic heterocycles. The first-order valence-corrected chi connectivity index (χ1v) is 7.67. The quantitative estimate of drug-likeness (QED) is 0.515. The molecule has 1 aliphatic rings. The predicted octanol–water partition coefficient (Wildman–Crippen LogP) is 1.22. The van der Waals surface area contributed by atoms with Crippen LogP contribution in [0.5, 0.6) is 0 Å². The van der Waals surface area contributed by atoms with E-state index in [9.17, 15) is 19.6 Å². The molecular weight excluding hydrogens is 282 g/mol. The third-order valence-electron chi connectivity index (χ3n) is 3.91. The number of nitroso groups, excluding NO2 is 1. The van der Waals surface area contributed by atoms with Crippen LogP contribution in [0.15, 0.2) is 4.58 Å². The van der Waals surface area contributed by atoms with E-state index < -0.39 is 11.5 Å². The Morgan fingerprint density at radius 1 is 1.55 bits per heavy atom. The maximum absolute atomic E-state index is 12.2. The number of rotatable bonds is 8. The molecule has 7 nitrogen and oxygen atoms in total. The SMILES string of the molecule is CCCCC(=O)N1CC[C@H](CSN=O)[C@@]1(CN)C(=O)O. The van der Waals surface area contributed by atoms with E-state index in [1.54, 1.807) is 0 Å². The number of carbonyl (C=O) groups excluding carboxylic acids is 1. The number of hydrogen-bond acceptors (Lipinski definition) is 6. The zero-order valence-corrected chi connectivity index (χ0v) is 12.4. The fourth-order valence-electron chi connectivity index (χ4n) is 2.75. The van der Waals surface area contributed by atoms with Crippen LogP contribution in [0.25, 0.3) is 0 Å². The van der Waals surface area contributed by atoms with E-state index >= 15 is 0 Å². The molecule has 20 heavy (non-hydrogen) atoms. The maximum atomic E-state index is 12.2. The van der Waals surface area contributed by atoms with E-state index in [2.05, 4.69) is 4.58 Å². The van der Waals surface area contributed by atoms with Gasteiger partial charge >= 0.3 is 5.97 Å². The largest absolute Gasteiger partial charge is 0.479 e. The Labute approximate surface area is 122 Å². The standard InChI is InChI=1S/C12H21N3O4S/c1-2-3-4-10(16)15-6-5-9(7-20-14-19)12(15,8-13)11(17)18/h9H,2-8,13H2,1H3,(H,17,18)/t9-,12+/m1/s1. The zero-order chi connectivity index (χ0) is 15.2. The molecule has 0 aromatic carbocycles. The summed E-state index contributed by atoms with van der Waals surface area (Å²) in [5, 5.41) is 9.59. The molecule has 114 valence electrons. The molecule has 1 heterocycles. The Bertz CT molecular complexity index is 380. The van der Waals surface area contributed by atoms with Crippen LogP contribution in [0.4, 0.5) is 0 Å². The van der Waals surface area contributed by atoms with Gasteiger partial charge in [0.15, 0.2) is 5.54 Å². The van der Waals surface area contributed by atoms with Gasteiger partial charge in [-0.2, -0.15) is 0 Å². The summed E-state index contributed by atoms with van der Waals surface area (Å²) in [5.41, 5.74) is 4.30. The van der Waals surface area contributed by atoms with Crippen molar-refractivity contribution in [1.82, 2.24) is 4.90 Å². The molecule has 1 saturated heterocycles. The fraction of sp³-hybridized carbons (Fsp3) is 0.833. The van der Waals surface area contributed by atoms with Crippen LogP contribution in [0.2, 0.25) is 0 Å². The Hall–Kier alpha value is -1.15. The molecule has 0 aromatic rings. The number of likely N-dealkylation sites (tertiary alicyclic amines) is 1. The molecule has 8 heteroatoms. The topological polar surface area (TPSA) is 113 Å². The van der Waals surface area contributed by atoms with Crippen molar-refractivity contribution in [1.29, 1.82) is 0 Å². The van der Waals surface area contributed by atoms with Crippen molar-refractivity contribution in [2.45, 2.75) is 38.1 Å². The molecule has 1 fully saturated rings. The zero-order valence-electron chi connectivity index (χ0n) is 11.6. The highest BCUT2D eigenvalue weighted by Crippen LogP contribution is 2.37. The average Bonchev–Trinajstić information content (AvgIpc) is 2.81. The van der Waals surface area contributed by atoms with E-state index in [1.807, 2.05) is 6.92 Å². The summed E-state index contributed by atoms with van der Waals surface area (Å²) in [6, 6.07) is 0. The molecule has 1 rings (SSSR count). The van der Waals surface area contributed by atoms with Crippen molar-refractivity contribution < 1.29 is 14.7 Å². The normalized spacial score (nSPS) is 25.7. The van der Waals surface area contributed by atoms with Crippen LogP contribution in [0.3, 0.4) is 0 Å². The minimum atomic E-state index is -1.40. The molecule has 0 aromatic heterocycles. The summed E-state index contributed by atoms with van der Waals surface area (Å²) in [6.45, 7) is 2.19. The minimum Gasteiger partial charge on any atom is -0.479 e. The van der Waals surface area contributed by atoms with Gasteiger partial charge in [0.1, 0.15) is 0 Å². The fourth-order valence-corrected chi connectivity index (χ4v) is 3.43. The van der Waals surface area contributed by atoms with Gasteiger partial charge in [0.05, 0.1) is 0 Å². The van der Waals surface area contributed by atoms with Crippen LogP contribution in [-0.4, -0.2) is 46.3 Å². The Kier molecular flexibility index (Phi) is 6.41. The third-order valence-corrected chi connectivity index (χ3v) is 4.57. The lowest BCUT2D eigenvalue weighted by Gasteiger charge is -2.37. The molecule has 0 saturated carbocycles. The smallest absolute Gasteiger partial charge is 0.331 e. The number of carboxylic acid groups (broad SMARTS) is 1. The molecule has 0 unspecified atom stereocenters. The van der Waals surface area contributed by atoms with Crippen molar-refractivity contribution in [3.8, 4) is 0 Å². The number of hydrogen-bond donors (Lipinski definition) is 2. The van der Waals surface area contributed by atoms with E-state index in [4.69, 9.17) is 5.73 Å². The minimum absolute atomic E-state index is 0.149. The number of aliphatic carboxylic acids is 1. The molecule has 0 spiro atoms. The second-order valence-corrected chi connectivity index (χ2v) is 5.68. The molecule has 3 N–H and O–H groups in total. The van der Waals surface area contributed by atoms with Crippen molar-refractivity contribution in [3.63, 3.8) is 0 Å². The first-order valence-electron chi connectivity index (χ1n) is 6.73. The molecule has 0 radical (unpaired) electrons. The summed E-state index contributed by atoms with van der Waals surface area (Å²) in [7, 11) is 0. The Morgan fingerprint density at radius 2 is 2.25 bits per heavy atom. The third kappa shape index (κ3) is 3.12. The number of carbonyl (C=O) groups is 2. The number of nitrogens with two attached hydrogens (primary N) is 1. The van der Waals surface area contributed by atoms with Crippen LogP contribution < -0.4 is 5.73 Å². The first kappa shape index (κ1) is 16.9. The number of amides is 1. The van der Waals surface area contributed by atoms with Crippen molar-refractivity contribution in [2.24, 2.45) is 16.2 Å². The second kappa shape index (κ2) is 7.58. The lowest BCUT2D eigenvalue weighted by atomic mass is 9.85. The van der Waals surface area contributed by atoms with Gasteiger partial charge in [-0.25, -0.2) is 4.79 Å². The molecule has 1 amide bonds. The number of nitrogens with zero attached hydrogens (tertiary/aromatic N) is 2. The van der Waals surface area contributed by atoms with E-state index in [1.165, 1.54) is 4.90 Å². The van der Waals surface area contributed by atoms with E-state index in [0.29, 0.717) is 19.4 Å². The molecule has 0 bridgehead atoms. The summed E-state index contributed by atoms with van der Waals surface area (Å²) in [4.78, 5) is 35.6. The number of carboxylic acids is 1. The second-order valence-electron chi connectivity index (χ2n) is 4.94. The van der Waals surface area contributed by atoms with Crippen LogP contribution >= 0.6 is 11.9 Å². The predicted molar refractivity (Wildman–Crippen MR) is 77.0 cm³/mol. The average molecular weight is 303 g/mol. The van der Waals surface area contributed by atoms with Gasteiger partial charge in [-0.05, 0) is 12.8 Å². The van der Waals surface area contributed by atoms with E-state index in [-0.39, 0.29) is 24.1 Å². The molecule has 0 aliphatic carbocycles. The van der Waals surface area contributed by atoms with E-state index in [0.717, 1.165) is 24.8 Å². The highest BCUT2D eigenvalue weighted by Gasteiger charge is 2.55. The summed E-state index contributed by atoms with van der Waals surface area (Å²) < 4.78 is 2.71. The number of unbranched alkanes of at least 4 members (excludes halogenated alkanes) is 1. The van der Waals surface area contributed by atoms with Gasteiger partial charge in [-0.15, -0.1) is 4.91 Å². The Balaban J connectivity index is 2.96. The van der Waals surface area contributed by atoms with Gasteiger partial charge < -0.3 is 15.7 Å². The van der Waals surface area contributed by atoms with Crippen molar-refractivity contribution in [2.75, 3.05) is 18.8 Å². The monoisotopic (exact) mass is 303 g/mol. The lowest BCUT2D eigenvalue weighted by molar-refractivity contribution is -0.158. The van der Waals surface area contributed by atoms with Gasteiger partial charge in [0, 0.05) is 47.7 Å². The Morgan fingerprint density at radius 3 is 2.75 bits per heavy atom. The van der Waals surface area contributed by atoms with Gasteiger partial charge in [-0.1, -0.05) is 13.3 Å². The van der Waals surface area contributed by atoms with Crippen molar-refractivity contribution in [3.05, 3.63) is 4.91 Å². The van der Waals surface area contributed by atoms with Crippen LogP contribution in [-0.2, 0) is 9.59 Å². The molecule has 2 atom stereocenters. The lowest BCUT2D eigenvalue weighted by Crippen LogP contribution is -2.61. The van der Waals surface area contributed by atoms with Crippen LogP contribution in [0.1, 0.15) is 32.6 Å². The molecular formula is C12H21N3O4S. The van der Waals surface area contributed by atoms with Gasteiger partial charge in [0.25, 0.3) is 0 Å². The van der Waals surface area contributed by atoms with Gasteiger partial charge in [-0.3, -0.25) is 4.79 Å². The summed E-state index contributed by atoms with van der Waals surface area (Å²) >= 11 is 0.785. The summed E-state index contributed by atoms with van der Waals surface area (Å²) in [5.74, 6) is -1.35. The first-order chi connectivity index (χ1) is 9.54. The van der Waals surface area contributed by atoms with Crippen LogP contribution in [0, 0.1) is 10.8 Å². The van der Waals surface area contributed by atoms with Gasteiger partial charge in [0.2, 0.25) is 5.91 Å².